The normalized spacial score (nSPS) is 10.9. The summed E-state index contributed by atoms with van der Waals surface area (Å²) in [5.74, 6) is -1.73. The molecule has 0 bridgehead atoms. The van der Waals surface area contributed by atoms with Crippen molar-refractivity contribution in [1.82, 2.24) is 19.9 Å². The second kappa shape index (κ2) is 8.31. The summed E-state index contributed by atoms with van der Waals surface area (Å²) in [4.78, 5) is 26.9. The summed E-state index contributed by atoms with van der Waals surface area (Å²) in [7, 11) is 0. The Morgan fingerprint density at radius 1 is 1.33 bits per heavy atom. The van der Waals surface area contributed by atoms with E-state index in [1.807, 2.05) is 18.2 Å². The topological polar surface area (TPSA) is 117 Å². The SMILES string of the molecule is O=C(O)CNC(=O)c1c(O)cc(SCc2cc(I)ccc2Cl)n2ncnc12. The van der Waals surface area contributed by atoms with Crippen molar-refractivity contribution in [3.8, 4) is 5.75 Å². The van der Waals surface area contributed by atoms with Crippen molar-refractivity contribution in [1.29, 1.82) is 0 Å². The molecule has 3 rings (SSSR count). The summed E-state index contributed by atoms with van der Waals surface area (Å²) < 4.78 is 2.47. The number of carbonyl (C=O) groups is 2. The molecule has 3 aromatic rings. The van der Waals surface area contributed by atoms with E-state index in [1.54, 1.807) is 0 Å². The Morgan fingerprint density at radius 2 is 2.11 bits per heavy atom. The van der Waals surface area contributed by atoms with Crippen molar-refractivity contribution >= 4 is 63.5 Å². The van der Waals surface area contributed by atoms with Gasteiger partial charge in [-0.15, -0.1) is 11.8 Å². The van der Waals surface area contributed by atoms with E-state index in [-0.39, 0.29) is 17.0 Å². The molecule has 140 valence electrons. The molecule has 0 spiro atoms. The molecule has 0 aliphatic carbocycles. The number of aliphatic carboxylic acids is 1. The molecule has 8 nitrogen and oxygen atoms in total. The van der Waals surface area contributed by atoms with Crippen molar-refractivity contribution in [3.63, 3.8) is 0 Å². The van der Waals surface area contributed by atoms with E-state index >= 15 is 0 Å². The average molecular weight is 519 g/mol. The lowest BCUT2D eigenvalue weighted by Crippen LogP contribution is -2.29. The highest BCUT2D eigenvalue weighted by molar-refractivity contribution is 14.1. The smallest absolute Gasteiger partial charge is 0.322 e. The number of halogens is 2. The lowest BCUT2D eigenvalue weighted by atomic mass is 10.2. The van der Waals surface area contributed by atoms with Gasteiger partial charge in [-0.2, -0.15) is 5.10 Å². The van der Waals surface area contributed by atoms with Crippen molar-refractivity contribution < 1.29 is 19.8 Å². The molecular weight excluding hydrogens is 507 g/mol. The summed E-state index contributed by atoms with van der Waals surface area (Å²) in [6.07, 6.45) is 1.26. The minimum Gasteiger partial charge on any atom is -0.507 e. The standard InChI is InChI=1S/C16H12ClIN4O4S/c17-10-2-1-9(18)3-8(10)6-27-12-4-11(23)14(15-20-7-21-22(12)15)16(26)19-5-13(24)25/h1-4,7,23H,5-6H2,(H,19,26)(H,24,25). The molecule has 2 aromatic heterocycles. The number of amides is 1. The maximum absolute atomic E-state index is 12.2. The fourth-order valence-corrected chi connectivity index (χ4v) is 4.12. The first-order chi connectivity index (χ1) is 12.9. The number of hydrogen-bond acceptors (Lipinski definition) is 6. The minimum absolute atomic E-state index is 0.133. The van der Waals surface area contributed by atoms with E-state index in [1.165, 1.54) is 28.7 Å². The van der Waals surface area contributed by atoms with Gasteiger partial charge in [0.05, 0.1) is 0 Å². The van der Waals surface area contributed by atoms with Crippen LogP contribution in [0.5, 0.6) is 5.75 Å². The maximum Gasteiger partial charge on any atom is 0.322 e. The van der Waals surface area contributed by atoms with Crippen LogP contribution in [0.3, 0.4) is 0 Å². The number of nitrogens with zero attached hydrogens (tertiary/aromatic N) is 3. The first kappa shape index (κ1) is 19.7. The number of carbonyl (C=O) groups excluding carboxylic acids is 1. The van der Waals surface area contributed by atoms with Gasteiger partial charge in [-0.05, 0) is 46.4 Å². The van der Waals surface area contributed by atoms with Crippen LogP contribution in [0.1, 0.15) is 15.9 Å². The molecule has 1 amide bonds. The zero-order chi connectivity index (χ0) is 19.6. The van der Waals surface area contributed by atoms with Crippen LogP contribution in [0.4, 0.5) is 0 Å². The predicted molar refractivity (Wildman–Crippen MR) is 108 cm³/mol. The van der Waals surface area contributed by atoms with Gasteiger partial charge in [0.2, 0.25) is 0 Å². The summed E-state index contributed by atoms with van der Waals surface area (Å²) >= 11 is 9.78. The average Bonchev–Trinajstić information content (AvgIpc) is 3.09. The molecule has 3 N–H and O–H groups in total. The summed E-state index contributed by atoms with van der Waals surface area (Å²) in [5, 5.41) is 26.5. The van der Waals surface area contributed by atoms with Crippen molar-refractivity contribution in [2.24, 2.45) is 0 Å². The van der Waals surface area contributed by atoms with E-state index in [0.717, 1.165) is 9.13 Å². The largest absolute Gasteiger partial charge is 0.507 e. The predicted octanol–water partition coefficient (Wildman–Crippen LogP) is 2.80. The van der Waals surface area contributed by atoms with Gasteiger partial charge in [0.25, 0.3) is 5.91 Å². The summed E-state index contributed by atoms with van der Waals surface area (Å²) in [5.41, 5.74) is 0.920. The number of hydrogen-bond donors (Lipinski definition) is 3. The Hall–Kier alpha value is -2.05. The fourth-order valence-electron chi connectivity index (χ4n) is 2.31. The van der Waals surface area contributed by atoms with Crippen molar-refractivity contribution in [2.75, 3.05) is 6.54 Å². The van der Waals surface area contributed by atoms with Gasteiger partial charge >= 0.3 is 5.97 Å². The van der Waals surface area contributed by atoms with E-state index in [2.05, 4.69) is 38.0 Å². The highest BCUT2D eigenvalue weighted by atomic mass is 127. The third-order valence-electron chi connectivity index (χ3n) is 3.51. The van der Waals surface area contributed by atoms with E-state index in [4.69, 9.17) is 16.7 Å². The fraction of sp³-hybridized carbons (Fsp3) is 0.125. The molecule has 0 saturated heterocycles. The van der Waals surface area contributed by atoms with Crippen LogP contribution in [-0.4, -0.2) is 43.2 Å². The first-order valence-corrected chi connectivity index (χ1v) is 9.93. The molecule has 0 aliphatic rings. The molecule has 0 fully saturated rings. The van der Waals surface area contributed by atoms with Crippen molar-refractivity contribution in [2.45, 2.75) is 10.8 Å². The Morgan fingerprint density at radius 3 is 2.85 bits per heavy atom. The number of thioether (sulfide) groups is 1. The molecule has 0 saturated carbocycles. The van der Waals surface area contributed by atoms with Crippen LogP contribution >= 0.6 is 46.0 Å². The van der Waals surface area contributed by atoms with Crippen LogP contribution in [-0.2, 0) is 10.5 Å². The summed E-state index contributed by atoms with van der Waals surface area (Å²) in [6.45, 7) is -0.569. The molecule has 0 unspecified atom stereocenters. The maximum atomic E-state index is 12.2. The molecule has 0 aliphatic heterocycles. The van der Waals surface area contributed by atoms with Gasteiger partial charge in [0.15, 0.2) is 5.65 Å². The molecule has 0 radical (unpaired) electrons. The Kier molecular flexibility index (Phi) is 6.07. The van der Waals surface area contributed by atoms with Crippen LogP contribution in [0.15, 0.2) is 35.6 Å². The van der Waals surface area contributed by atoms with Gasteiger partial charge in [-0.25, -0.2) is 9.50 Å². The monoisotopic (exact) mass is 518 g/mol. The highest BCUT2D eigenvalue weighted by Crippen LogP contribution is 2.32. The van der Waals surface area contributed by atoms with Gasteiger partial charge in [0.1, 0.15) is 29.2 Å². The number of benzene rings is 1. The Labute approximate surface area is 176 Å². The number of aromatic hydroxyl groups is 1. The number of aromatic nitrogens is 3. The lowest BCUT2D eigenvalue weighted by Gasteiger charge is -2.11. The number of rotatable bonds is 6. The second-order valence-corrected chi connectivity index (χ2v) is 7.99. The molecule has 0 atom stereocenters. The second-order valence-electron chi connectivity index (χ2n) is 5.34. The third-order valence-corrected chi connectivity index (χ3v) is 5.59. The number of nitrogens with one attached hydrogen (secondary N) is 1. The van der Waals surface area contributed by atoms with E-state index in [0.29, 0.717) is 15.8 Å². The molecule has 1 aromatic carbocycles. The molecular formula is C16H12ClIN4O4S. The zero-order valence-corrected chi connectivity index (χ0v) is 17.2. The first-order valence-electron chi connectivity index (χ1n) is 7.49. The lowest BCUT2D eigenvalue weighted by molar-refractivity contribution is -0.135. The van der Waals surface area contributed by atoms with Crippen LogP contribution in [0, 0.1) is 3.57 Å². The number of pyridine rings is 1. The number of carboxylic acids is 1. The van der Waals surface area contributed by atoms with E-state index in [9.17, 15) is 14.7 Å². The number of fused-ring (bicyclic) bond motifs is 1. The number of carboxylic acid groups (broad SMARTS) is 1. The van der Waals surface area contributed by atoms with Gasteiger partial charge in [-0.3, -0.25) is 9.59 Å². The van der Waals surface area contributed by atoms with Crippen molar-refractivity contribution in [3.05, 3.63) is 50.3 Å². The van der Waals surface area contributed by atoms with Gasteiger partial charge in [0, 0.05) is 20.4 Å². The molecule has 27 heavy (non-hydrogen) atoms. The van der Waals surface area contributed by atoms with Crippen LogP contribution in [0.25, 0.3) is 5.65 Å². The third kappa shape index (κ3) is 4.45. The quantitative estimate of drug-likeness (QED) is 0.339. The minimum atomic E-state index is -1.19. The Balaban J connectivity index is 1.91. The molecule has 11 heteroatoms. The van der Waals surface area contributed by atoms with E-state index < -0.39 is 18.4 Å². The molecule has 2 heterocycles. The van der Waals surface area contributed by atoms with Gasteiger partial charge in [-0.1, -0.05) is 11.6 Å². The highest BCUT2D eigenvalue weighted by Gasteiger charge is 2.21. The van der Waals surface area contributed by atoms with Crippen LogP contribution < -0.4 is 5.32 Å². The Bertz CT molecular complexity index is 1040. The zero-order valence-electron chi connectivity index (χ0n) is 13.5. The van der Waals surface area contributed by atoms with Crippen LogP contribution in [0.2, 0.25) is 5.02 Å². The van der Waals surface area contributed by atoms with Gasteiger partial charge < -0.3 is 15.5 Å². The summed E-state index contributed by atoms with van der Waals surface area (Å²) in [6, 6.07) is 7.08.